The fraction of sp³-hybridized carbons (Fsp3) is 0.222. The van der Waals surface area contributed by atoms with Crippen LogP contribution in [0.4, 0.5) is 0 Å². The lowest BCUT2D eigenvalue weighted by Gasteiger charge is -2.07. The molecule has 0 fully saturated rings. The summed E-state index contributed by atoms with van der Waals surface area (Å²) in [5.74, 6) is -0.827. The molecule has 5 heteroatoms. The molecular formula is C9H10INO3. The minimum Gasteiger partial charge on any atom is -0.507 e. The molecule has 0 amide bonds. The molecule has 0 unspecified atom stereocenters. The van der Waals surface area contributed by atoms with Crippen LogP contribution in [0.3, 0.4) is 0 Å². The number of carbonyl (C=O) groups is 1. The lowest BCUT2D eigenvalue weighted by atomic mass is 10.1. The smallest absolute Gasteiger partial charge is 0.320 e. The first-order chi connectivity index (χ1) is 6.50. The zero-order valence-electron chi connectivity index (χ0n) is 7.27. The second kappa shape index (κ2) is 4.61. The van der Waals surface area contributed by atoms with Crippen LogP contribution in [0.15, 0.2) is 18.2 Å². The summed E-state index contributed by atoms with van der Waals surface area (Å²) in [5.41, 5.74) is 6.18. The number of benzene rings is 1. The lowest BCUT2D eigenvalue weighted by molar-refractivity contribution is -0.138. The first-order valence-corrected chi connectivity index (χ1v) is 5.04. The first-order valence-electron chi connectivity index (χ1n) is 3.96. The van der Waals surface area contributed by atoms with E-state index in [0.717, 1.165) is 5.56 Å². The van der Waals surface area contributed by atoms with Gasteiger partial charge in [0.1, 0.15) is 11.8 Å². The molecule has 4 N–H and O–H groups in total. The summed E-state index contributed by atoms with van der Waals surface area (Å²) in [4.78, 5) is 10.5. The predicted octanol–water partition coefficient (Wildman–Crippen LogP) is 0.951. The van der Waals surface area contributed by atoms with Crippen LogP contribution in [0.2, 0.25) is 0 Å². The molecule has 0 radical (unpaired) electrons. The number of aromatic hydroxyl groups is 1. The second-order valence-corrected chi connectivity index (χ2v) is 4.10. The summed E-state index contributed by atoms with van der Waals surface area (Å²) >= 11 is 1.98. The number of nitrogens with two attached hydrogens (primary N) is 1. The molecule has 1 aromatic carbocycles. The minimum absolute atomic E-state index is 0.193. The summed E-state index contributed by atoms with van der Waals surface area (Å²) < 4.78 is 0.692. The van der Waals surface area contributed by atoms with Crippen LogP contribution in [0, 0.1) is 3.57 Å². The van der Waals surface area contributed by atoms with Crippen molar-refractivity contribution in [2.75, 3.05) is 0 Å². The second-order valence-electron chi connectivity index (χ2n) is 2.93. The van der Waals surface area contributed by atoms with Crippen LogP contribution < -0.4 is 5.73 Å². The number of phenols is 1. The van der Waals surface area contributed by atoms with Crippen LogP contribution in [-0.4, -0.2) is 22.2 Å². The minimum atomic E-state index is -1.02. The molecule has 0 aliphatic rings. The predicted molar refractivity (Wildman–Crippen MR) is 60.1 cm³/mol. The maximum absolute atomic E-state index is 10.5. The van der Waals surface area contributed by atoms with E-state index in [2.05, 4.69) is 0 Å². The molecule has 0 saturated carbocycles. The monoisotopic (exact) mass is 311 g/mol. The van der Waals surface area contributed by atoms with E-state index in [1.807, 2.05) is 22.6 Å². The molecule has 0 saturated heterocycles. The Morgan fingerprint density at radius 1 is 1.57 bits per heavy atom. The molecule has 0 bridgehead atoms. The van der Waals surface area contributed by atoms with E-state index in [-0.39, 0.29) is 12.2 Å². The van der Waals surface area contributed by atoms with Crippen LogP contribution >= 0.6 is 22.6 Å². The molecule has 1 rings (SSSR count). The zero-order valence-corrected chi connectivity index (χ0v) is 9.43. The van der Waals surface area contributed by atoms with Gasteiger partial charge in [-0.3, -0.25) is 4.79 Å². The van der Waals surface area contributed by atoms with Crippen LogP contribution in [-0.2, 0) is 11.2 Å². The third kappa shape index (κ3) is 2.85. The van der Waals surface area contributed by atoms with E-state index < -0.39 is 12.0 Å². The summed E-state index contributed by atoms with van der Waals surface area (Å²) in [6, 6.07) is 4.03. The molecule has 0 heterocycles. The largest absolute Gasteiger partial charge is 0.507 e. The summed E-state index contributed by atoms with van der Waals surface area (Å²) in [7, 11) is 0. The number of halogens is 1. The molecule has 0 aliphatic carbocycles. The van der Waals surface area contributed by atoms with Gasteiger partial charge in [-0.15, -0.1) is 0 Å². The number of carboxylic acids is 1. The Kier molecular flexibility index (Phi) is 3.70. The van der Waals surface area contributed by atoms with Gasteiger partial charge in [-0.1, -0.05) is 6.07 Å². The van der Waals surface area contributed by atoms with Gasteiger partial charge in [-0.05, 0) is 46.7 Å². The van der Waals surface area contributed by atoms with Gasteiger partial charge < -0.3 is 15.9 Å². The topological polar surface area (TPSA) is 83.5 Å². The van der Waals surface area contributed by atoms with Crippen molar-refractivity contribution in [1.29, 1.82) is 0 Å². The molecule has 1 atom stereocenters. The molecule has 0 aliphatic heterocycles. The number of phenolic OH excluding ortho intramolecular Hbond substituents is 1. The lowest BCUT2D eigenvalue weighted by Crippen LogP contribution is -2.32. The summed E-state index contributed by atoms with van der Waals surface area (Å²) in [6.45, 7) is 0. The maximum Gasteiger partial charge on any atom is 0.320 e. The first kappa shape index (κ1) is 11.3. The molecule has 0 aromatic heterocycles. The van der Waals surface area contributed by atoms with Crippen molar-refractivity contribution >= 4 is 28.6 Å². The standard InChI is InChI=1S/C9H10INO3/c10-6-3-5(1-2-8(6)12)4-7(11)9(13)14/h1-3,7,12H,4,11H2,(H,13,14)/t7-/m0/s1/i10+4. The van der Waals surface area contributed by atoms with E-state index in [1.54, 1.807) is 12.1 Å². The third-order valence-electron chi connectivity index (χ3n) is 1.78. The van der Waals surface area contributed by atoms with E-state index >= 15 is 0 Å². The number of hydrogen-bond donors (Lipinski definition) is 3. The Bertz CT molecular complexity index is 354. The van der Waals surface area contributed by atoms with Crippen molar-refractivity contribution in [1.82, 2.24) is 0 Å². The van der Waals surface area contributed by atoms with E-state index in [9.17, 15) is 9.90 Å². The fourth-order valence-corrected chi connectivity index (χ4v) is 1.60. The molecule has 4 nitrogen and oxygen atoms in total. The Morgan fingerprint density at radius 2 is 2.21 bits per heavy atom. The highest BCUT2D eigenvalue weighted by atomic mass is 131. The Hall–Kier alpha value is -0.820. The molecule has 1 aromatic rings. The average Bonchev–Trinajstić information content (AvgIpc) is 2.11. The van der Waals surface area contributed by atoms with Gasteiger partial charge in [0, 0.05) is 0 Å². The number of rotatable bonds is 3. The van der Waals surface area contributed by atoms with Gasteiger partial charge >= 0.3 is 5.97 Å². The highest BCUT2D eigenvalue weighted by molar-refractivity contribution is 14.1. The fourth-order valence-electron chi connectivity index (χ4n) is 1.02. The summed E-state index contributed by atoms with van der Waals surface area (Å²) in [5, 5.41) is 17.8. The van der Waals surface area contributed by atoms with Gasteiger partial charge in [0.25, 0.3) is 0 Å². The quantitative estimate of drug-likeness (QED) is 0.726. The number of aliphatic carboxylic acids is 1. The normalized spacial score (nSPS) is 12.4. The van der Waals surface area contributed by atoms with Gasteiger partial charge in [-0.2, -0.15) is 0 Å². The molecule has 76 valence electrons. The highest BCUT2D eigenvalue weighted by Gasteiger charge is 2.12. The van der Waals surface area contributed by atoms with E-state index in [0.29, 0.717) is 3.57 Å². The van der Waals surface area contributed by atoms with Gasteiger partial charge in [0.2, 0.25) is 0 Å². The number of hydrogen-bond acceptors (Lipinski definition) is 3. The van der Waals surface area contributed by atoms with Crippen LogP contribution in [0.25, 0.3) is 0 Å². The van der Waals surface area contributed by atoms with Crippen LogP contribution in [0.5, 0.6) is 5.75 Å². The SMILES string of the molecule is N[C@@H](Cc1ccc(O)c([131I])c1)C(=O)O. The van der Waals surface area contributed by atoms with Crippen molar-refractivity contribution in [3.05, 3.63) is 27.3 Å². The summed E-state index contributed by atoms with van der Waals surface area (Å²) in [6.07, 6.45) is 0.269. The van der Waals surface area contributed by atoms with Crippen molar-refractivity contribution in [2.24, 2.45) is 5.73 Å². The Morgan fingerprint density at radius 3 is 2.71 bits per heavy atom. The Balaban J connectivity index is 2.78. The van der Waals surface area contributed by atoms with E-state index in [1.165, 1.54) is 6.07 Å². The highest BCUT2D eigenvalue weighted by Crippen LogP contribution is 2.20. The van der Waals surface area contributed by atoms with Gasteiger partial charge in [-0.25, -0.2) is 0 Å². The zero-order chi connectivity index (χ0) is 10.7. The van der Waals surface area contributed by atoms with Gasteiger partial charge in [0.15, 0.2) is 0 Å². The van der Waals surface area contributed by atoms with Crippen molar-refractivity contribution in [3.63, 3.8) is 0 Å². The molecule has 0 spiro atoms. The Labute approximate surface area is 94.9 Å². The van der Waals surface area contributed by atoms with E-state index in [4.69, 9.17) is 10.8 Å². The maximum atomic E-state index is 10.5. The van der Waals surface area contributed by atoms with Crippen molar-refractivity contribution < 1.29 is 15.0 Å². The average molecular weight is 311 g/mol. The molecule has 14 heavy (non-hydrogen) atoms. The third-order valence-corrected chi connectivity index (χ3v) is 2.65. The number of carboxylic acid groups (broad SMARTS) is 1. The van der Waals surface area contributed by atoms with Crippen LogP contribution in [0.1, 0.15) is 5.56 Å². The van der Waals surface area contributed by atoms with Gasteiger partial charge in [0.05, 0.1) is 3.57 Å². The molecular weight excluding hydrogens is 301 g/mol. The van der Waals surface area contributed by atoms with Crippen molar-refractivity contribution in [3.8, 4) is 5.75 Å². The van der Waals surface area contributed by atoms with Crippen molar-refractivity contribution in [2.45, 2.75) is 12.5 Å².